The van der Waals surface area contributed by atoms with Crippen molar-refractivity contribution in [3.05, 3.63) is 33.9 Å². The van der Waals surface area contributed by atoms with Gasteiger partial charge in [0.2, 0.25) is 0 Å². The highest BCUT2D eigenvalue weighted by molar-refractivity contribution is 7.84. The molecule has 0 radical (unpaired) electrons. The summed E-state index contributed by atoms with van der Waals surface area (Å²) in [5.74, 6) is 0.208. The van der Waals surface area contributed by atoms with Gasteiger partial charge in [-0.1, -0.05) is 0 Å². The van der Waals surface area contributed by atoms with Crippen LogP contribution in [-0.4, -0.2) is 40.1 Å². The third-order valence-electron chi connectivity index (χ3n) is 2.94. The van der Waals surface area contributed by atoms with Crippen LogP contribution in [-0.2, 0) is 10.8 Å². The molecule has 0 aromatic heterocycles. The molecule has 0 heterocycles. The Hall–Kier alpha value is -1.96. The van der Waals surface area contributed by atoms with E-state index in [0.717, 1.165) is 0 Å². The second-order valence-electron chi connectivity index (χ2n) is 4.68. The summed E-state index contributed by atoms with van der Waals surface area (Å²) >= 11 is 0. The van der Waals surface area contributed by atoms with Gasteiger partial charge in [-0.3, -0.25) is 19.1 Å². The molecule has 1 aromatic rings. The number of anilines is 1. The van der Waals surface area contributed by atoms with Gasteiger partial charge in [0, 0.05) is 47.5 Å². The van der Waals surface area contributed by atoms with Gasteiger partial charge in [-0.05, 0) is 25.5 Å². The van der Waals surface area contributed by atoms with Crippen molar-refractivity contribution < 1.29 is 13.9 Å². The Labute approximate surface area is 125 Å². The molecular formula is C13H19N3O4S. The van der Waals surface area contributed by atoms with Crippen LogP contribution in [0.2, 0.25) is 0 Å². The molecule has 0 aliphatic heterocycles. The van der Waals surface area contributed by atoms with Crippen LogP contribution in [0.5, 0.6) is 0 Å². The molecule has 0 spiro atoms. The maximum atomic E-state index is 12.1. The average molecular weight is 313 g/mol. The molecule has 0 bridgehead atoms. The molecule has 2 unspecified atom stereocenters. The van der Waals surface area contributed by atoms with Gasteiger partial charge in [0.15, 0.2) is 0 Å². The molecule has 0 aliphatic rings. The first-order valence-corrected chi connectivity index (χ1v) is 8.15. The van der Waals surface area contributed by atoms with Crippen LogP contribution in [0.4, 0.5) is 11.4 Å². The van der Waals surface area contributed by atoms with E-state index in [1.807, 2.05) is 6.92 Å². The highest BCUT2D eigenvalue weighted by Gasteiger charge is 2.17. The van der Waals surface area contributed by atoms with E-state index in [-0.39, 0.29) is 23.3 Å². The highest BCUT2D eigenvalue weighted by atomic mass is 32.2. The molecule has 1 amide bonds. The summed E-state index contributed by atoms with van der Waals surface area (Å²) in [6, 6.07) is 4.04. The van der Waals surface area contributed by atoms with Crippen LogP contribution in [0.25, 0.3) is 0 Å². The normalized spacial score (nSPS) is 13.3. The zero-order chi connectivity index (χ0) is 16.0. The minimum Gasteiger partial charge on any atom is -0.383 e. The summed E-state index contributed by atoms with van der Waals surface area (Å²) in [5, 5.41) is 16.3. The number of benzene rings is 1. The number of amides is 1. The number of hydrogen-bond acceptors (Lipinski definition) is 5. The van der Waals surface area contributed by atoms with Crippen molar-refractivity contribution in [2.45, 2.75) is 19.4 Å². The predicted molar refractivity (Wildman–Crippen MR) is 83.1 cm³/mol. The lowest BCUT2D eigenvalue weighted by molar-refractivity contribution is -0.383. The highest BCUT2D eigenvalue weighted by Crippen LogP contribution is 2.24. The average Bonchev–Trinajstić information content (AvgIpc) is 2.44. The molecule has 0 saturated carbocycles. The number of hydrogen-bond donors (Lipinski definition) is 2. The van der Waals surface area contributed by atoms with Crippen molar-refractivity contribution in [3.63, 3.8) is 0 Å². The van der Waals surface area contributed by atoms with Crippen molar-refractivity contribution >= 4 is 28.1 Å². The number of nitrogens with one attached hydrogen (secondary N) is 2. The third-order valence-corrected chi connectivity index (χ3v) is 3.75. The van der Waals surface area contributed by atoms with Gasteiger partial charge >= 0.3 is 0 Å². The van der Waals surface area contributed by atoms with Gasteiger partial charge in [-0.25, -0.2) is 0 Å². The van der Waals surface area contributed by atoms with Crippen LogP contribution in [0.1, 0.15) is 23.7 Å². The van der Waals surface area contributed by atoms with E-state index in [0.29, 0.717) is 17.7 Å². The van der Waals surface area contributed by atoms with E-state index >= 15 is 0 Å². The van der Waals surface area contributed by atoms with Gasteiger partial charge in [0.1, 0.15) is 5.69 Å². The second kappa shape index (κ2) is 7.72. The maximum absolute atomic E-state index is 12.1. The van der Waals surface area contributed by atoms with Gasteiger partial charge in [-0.15, -0.1) is 0 Å². The lowest BCUT2D eigenvalue weighted by Gasteiger charge is -2.13. The first kappa shape index (κ1) is 17.1. The molecule has 7 nitrogen and oxygen atoms in total. The summed E-state index contributed by atoms with van der Waals surface area (Å²) in [6.07, 6.45) is 2.23. The van der Waals surface area contributed by atoms with Crippen molar-refractivity contribution in [3.8, 4) is 0 Å². The van der Waals surface area contributed by atoms with Crippen molar-refractivity contribution in [1.82, 2.24) is 5.32 Å². The van der Waals surface area contributed by atoms with E-state index in [1.165, 1.54) is 18.2 Å². The second-order valence-corrected chi connectivity index (χ2v) is 6.23. The predicted octanol–water partition coefficient (Wildman–Crippen LogP) is 1.52. The summed E-state index contributed by atoms with van der Waals surface area (Å²) in [5.41, 5.74) is 0.549. The Kier molecular flexibility index (Phi) is 6.29. The molecule has 21 heavy (non-hydrogen) atoms. The van der Waals surface area contributed by atoms with Crippen LogP contribution in [0.15, 0.2) is 18.2 Å². The molecule has 2 atom stereocenters. The fraction of sp³-hybridized carbons (Fsp3) is 0.462. The summed E-state index contributed by atoms with van der Waals surface area (Å²) in [6.45, 7) is 1.83. The fourth-order valence-corrected chi connectivity index (χ4v) is 2.44. The zero-order valence-corrected chi connectivity index (χ0v) is 13.0. The third kappa shape index (κ3) is 5.14. The topological polar surface area (TPSA) is 101 Å². The van der Waals surface area contributed by atoms with Crippen LogP contribution < -0.4 is 10.6 Å². The van der Waals surface area contributed by atoms with Gasteiger partial charge < -0.3 is 10.6 Å². The molecule has 1 aromatic carbocycles. The molecule has 1 rings (SSSR count). The van der Waals surface area contributed by atoms with Crippen LogP contribution in [0, 0.1) is 10.1 Å². The van der Waals surface area contributed by atoms with E-state index in [4.69, 9.17) is 0 Å². The molecule has 8 heteroatoms. The molecule has 0 aliphatic carbocycles. The molecule has 0 saturated heterocycles. The largest absolute Gasteiger partial charge is 0.383 e. The Balaban J connectivity index is 2.79. The Morgan fingerprint density at radius 3 is 2.67 bits per heavy atom. The zero-order valence-electron chi connectivity index (χ0n) is 12.2. The number of nitro groups is 1. The summed E-state index contributed by atoms with van der Waals surface area (Å²) < 4.78 is 11.0. The number of rotatable bonds is 7. The molecular weight excluding hydrogens is 294 g/mol. The lowest BCUT2D eigenvalue weighted by atomic mass is 10.1. The molecule has 0 fully saturated rings. The Morgan fingerprint density at radius 2 is 2.14 bits per heavy atom. The lowest BCUT2D eigenvalue weighted by Crippen LogP contribution is -2.33. The minimum atomic E-state index is -0.895. The standard InChI is InChI=1S/C13H19N3O4S/c1-9(6-7-21(3)20)15-13(17)10-4-5-12(16(18)19)11(8-10)14-2/h4-5,8-9,14H,6-7H2,1-3H3,(H,15,17). The van der Waals surface area contributed by atoms with E-state index in [1.54, 1.807) is 13.3 Å². The fourth-order valence-electron chi connectivity index (χ4n) is 1.76. The first-order valence-electron chi connectivity index (χ1n) is 6.42. The monoisotopic (exact) mass is 313 g/mol. The van der Waals surface area contributed by atoms with Crippen molar-refractivity contribution in [2.24, 2.45) is 0 Å². The van der Waals surface area contributed by atoms with Gasteiger partial charge in [-0.2, -0.15) is 0 Å². The number of nitrogens with zero attached hydrogens (tertiary/aromatic N) is 1. The first-order chi connectivity index (χ1) is 9.85. The summed E-state index contributed by atoms with van der Waals surface area (Å²) in [7, 11) is 0.664. The van der Waals surface area contributed by atoms with Crippen molar-refractivity contribution in [1.29, 1.82) is 0 Å². The van der Waals surface area contributed by atoms with E-state index in [2.05, 4.69) is 10.6 Å². The van der Waals surface area contributed by atoms with Gasteiger partial charge in [0.05, 0.1) is 4.92 Å². The minimum absolute atomic E-state index is 0.0801. The van der Waals surface area contributed by atoms with E-state index < -0.39 is 15.7 Å². The quantitative estimate of drug-likeness (QED) is 0.587. The number of nitro benzene ring substituents is 1. The van der Waals surface area contributed by atoms with E-state index in [9.17, 15) is 19.1 Å². The Morgan fingerprint density at radius 1 is 1.48 bits per heavy atom. The summed E-state index contributed by atoms with van der Waals surface area (Å²) in [4.78, 5) is 22.4. The maximum Gasteiger partial charge on any atom is 0.292 e. The van der Waals surface area contributed by atoms with Crippen LogP contribution >= 0.6 is 0 Å². The smallest absolute Gasteiger partial charge is 0.292 e. The molecule has 116 valence electrons. The van der Waals surface area contributed by atoms with Gasteiger partial charge in [0.25, 0.3) is 11.6 Å². The van der Waals surface area contributed by atoms with Crippen molar-refractivity contribution in [2.75, 3.05) is 24.4 Å². The number of carbonyl (C=O) groups is 1. The van der Waals surface area contributed by atoms with Crippen LogP contribution in [0.3, 0.4) is 0 Å². The molecule has 2 N–H and O–H groups in total. The number of carbonyl (C=O) groups excluding carboxylic acids is 1. The SMILES string of the molecule is CNc1cc(C(=O)NC(C)CCS(C)=O)ccc1[N+](=O)[O-]. The Bertz CT molecular complexity index is 562.